The van der Waals surface area contributed by atoms with Crippen LogP contribution in [0.15, 0.2) is 66.7 Å². The van der Waals surface area contributed by atoms with E-state index in [-0.39, 0.29) is 0 Å². The number of nitrogens with one attached hydrogen (secondary N) is 1. The van der Waals surface area contributed by atoms with Crippen LogP contribution in [0.4, 0.5) is 39.8 Å². The summed E-state index contributed by atoms with van der Waals surface area (Å²) < 4.78 is 0. The molecule has 0 fully saturated rings. The fraction of sp³-hybridized carbons (Fsp3) is 0.143. The third-order valence-corrected chi connectivity index (χ3v) is 4.81. The van der Waals surface area contributed by atoms with Gasteiger partial charge in [-0.1, -0.05) is 30.3 Å². The van der Waals surface area contributed by atoms with E-state index in [2.05, 4.69) is 95.7 Å². The zero-order valence-corrected chi connectivity index (χ0v) is 13.8. The van der Waals surface area contributed by atoms with Crippen molar-refractivity contribution in [2.24, 2.45) is 0 Å². The molecule has 0 spiro atoms. The zero-order chi connectivity index (χ0) is 16.3. The lowest BCUT2D eigenvalue weighted by Crippen LogP contribution is -2.33. The van der Waals surface area contributed by atoms with E-state index in [1.54, 1.807) is 0 Å². The molecule has 0 amide bonds. The normalized spacial score (nSPS) is 14.0. The van der Waals surface area contributed by atoms with E-state index in [1.807, 2.05) is 0 Å². The summed E-state index contributed by atoms with van der Waals surface area (Å²) in [7, 11) is 0. The highest BCUT2D eigenvalue weighted by Crippen LogP contribution is 2.58. The molecule has 5 rings (SSSR count). The van der Waals surface area contributed by atoms with Crippen molar-refractivity contribution in [2.75, 3.05) is 15.1 Å². The fourth-order valence-corrected chi connectivity index (χ4v) is 3.89. The number of fused-ring (bicyclic) bond motifs is 4. The van der Waals surface area contributed by atoms with Gasteiger partial charge in [0.2, 0.25) is 0 Å². The Labute approximate surface area is 142 Å². The van der Waals surface area contributed by atoms with E-state index < -0.39 is 0 Å². The van der Waals surface area contributed by atoms with Gasteiger partial charge in [0.05, 0.1) is 39.8 Å². The van der Waals surface area contributed by atoms with Gasteiger partial charge in [-0.25, -0.2) is 0 Å². The van der Waals surface area contributed by atoms with Crippen LogP contribution in [0.1, 0.15) is 13.8 Å². The Morgan fingerprint density at radius 2 is 1.29 bits per heavy atom. The molecule has 0 saturated heterocycles. The predicted octanol–water partition coefficient (Wildman–Crippen LogP) is 6.07. The number of para-hydroxylation sites is 5. The minimum Gasteiger partial charge on any atom is -0.352 e. The van der Waals surface area contributed by atoms with E-state index in [1.165, 1.54) is 28.4 Å². The number of hydrogen-bond donors (Lipinski definition) is 1. The Morgan fingerprint density at radius 1 is 0.667 bits per heavy atom. The van der Waals surface area contributed by atoms with Crippen molar-refractivity contribution in [1.29, 1.82) is 0 Å². The van der Waals surface area contributed by atoms with Gasteiger partial charge in [0, 0.05) is 6.04 Å². The van der Waals surface area contributed by atoms with Crippen LogP contribution >= 0.6 is 0 Å². The van der Waals surface area contributed by atoms with E-state index >= 15 is 0 Å². The highest BCUT2D eigenvalue weighted by Gasteiger charge is 2.35. The average Bonchev–Trinajstić information content (AvgIpc) is 2.61. The topological polar surface area (TPSA) is 18.5 Å². The Bertz CT molecular complexity index is 945. The maximum atomic E-state index is 3.60. The zero-order valence-electron chi connectivity index (χ0n) is 13.8. The molecule has 0 radical (unpaired) electrons. The molecule has 3 heteroatoms. The fourth-order valence-electron chi connectivity index (χ4n) is 3.89. The van der Waals surface area contributed by atoms with E-state index in [0.29, 0.717) is 6.04 Å². The molecule has 3 aromatic rings. The summed E-state index contributed by atoms with van der Waals surface area (Å²) >= 11 is 0. The third kappa shape index (κ3) is 1.67. The molecule has 2 aliphatic rings. The second kappa shape index (κ2) is 4.78. The largest absolute Gasteiger partial charge is 0.352 e. The maximum Gasteiger partial charge on any atom is 0.0938 e. The molecule has 0 aromatic heterocycles. The third-order valence-electron chi connectivity index (χ3n) is 4.81. The first-order chi connectivity index (χ1) is 11.8. The summed E-state index contributed by atoms with van der Waals surface area (Å²) in [6.07, 6.45) is 0. The van der Waals surface area contributed by atoms with Gasteiger partial charge in [-0.3, -0.25) is 0 Å². The maximum absolute atomic E-state index is 3.60. The van der Waals surface area contributed by atoms with Crippen LogP contribution in [-0.4, -0.2) is 6.04 Å². The van der Waals surface area contributed by atoms with Gasteiger partial charge >= 0.3 is 0 Å². The summed E-state index contributed by atoms with van der Waals surface area (Å²) in [5.74, 6) is 0. The Balaban J connectivity index is 1.88. The predicted molar refractivity (Wildman–Crippen MR) is 102 cm³/mol. The van der Waals surface area contributed by atoms with Crippen molar-refractivity contribution in [2.45, 2.75) is 19.9 Å². The van der Waals surface area contributed by atoms with Crippen molar-refractivity contribution in [3.8, 4) is 0 Å². The molecule has 0 saturated carbocycles. The molecular formula is C21H19N3. The number of nitrogens with zero attached hydrogens (tertiary/aromatic N) is 2. The molecule has 3 aromatic carbocycles. The summed E-state index contributed by atoms with van der Waals surface area (Å²) in [5, 5.41) is 3.60. The smallest absolute Gasteiger partial charge is 0.0938 e. The lowest BCUT2D eigenvalue weighted by atomic mass is 10.0. The van der Waals surface area contributed by atoms with Crippen molar-refractivity contribution in [3.63, 3.8) is 0 Å². The van der Waals surface area contributed by atoms with Crippen molar-refractivity contribution in [1.82, 2.24) is 0 Å². The highest BCUT2D eigenvalue weighted by molar-refractivity contribution is 6.08. The number of benzene rings is 3. The van der Waals surface area contributed by atoms with Crippen molar-refractivity contribution in [3.05, 3.63) is 66.7 Å². The summed E-state index contributed by atoms with van der Waals surface area (Å²) in [6, 6.07) is 24.1. The van der Waals surface area contributed by atoms with Crippen LogP contribution in [0.2, 0.25) is 0 Å². The second-order valence-corrected chi connectivity index (χ2v) is 6.60. The monoisotopic (exact) mass is 313 g/mol. The van der Waals surface area contributed by atoms with Crippen LogP contribution in [0, 0.1) is 0 Å². The van der Waals surface area contributed by atoms with Crippen LogP contribution in [0.5, 0.6) is 0 Å². The highest BCUT2D eigenvalue weighted by atomic mass is 15.3. The molecule has 0 unspecified atom stereocenters. The van der Waals surface area contributed by atoms with Gasteiger partial charge in [-0.2, -0.15) is 0 Å². The van der Waals surface area contributed by atoms with Crippen LogP contribution in [0.25, 0.3) is 0 Å². The average molecular weight is 313 g/mol. The van der Waals surface area contributed by atoms with E-state index in [0.717, 1.165) is 11.4 Å². The van der Waals surface area contributed by atoms with Crippen molar-refractivity contribution < 1.29 is 0 Å². The van der Waals surface area contributed by atoms with Gasteiger partial charge < -0.3 is 15.1 Å². The minimum atomic E-state index is 0.386. The molecule has 0 atom stereocenters. The first kappa shape index (κ1) is 13.5. The van der Waals surface area contributed by atoms with Gasteiger partial charge in [-0.15, -0.1) is 0 Å². The van der Waals surface area contributed by atoms with E-state index in [9.17, 15) is 0 Å². The number of hydrogen-bond acceptors (Lipinski definition) is 3. The molecule has 0 bridgehead atoms. The van der Waals surface area contributed by atoms with Crippen LogP contribution < -0.4 is 15.1 Å². The summed E-state index contributed by atoms with van der Waals surface area (Å²) in [5.41, 5.74) is 8.50. The Morgan fingerprint density at radius 3 is 2.08 bits per heavy atom. The molecule has 118 valence electrons. The molecule has 0 aliphatic carbocycles. The van der Waals surface area contributed by atoms with Gasteiger partial charge in [0.15, 0.2) is 0 Å². The molecular weight excluding hydrogens is 294 g/mol. The van der Waals surface area contributed by atoms with Crippen LogP contribution in [-0.2, 0) is 0 Å². The molecule has 2 heterocycles. The SMILES string of the molecule is CC(C)N1c2ccccc2N2c3ccccc3Nc3cccc1c32. The second-order valence-electron chi connectivity index (χ2n) is 6.60. The Hall–Kier alpha value is -2.94. The van der Waals surface area contributed by atoms with Crippen LogP contribution in [0.3, 0.4) is 0 Å². The molecule has 1 N–H and O–H groups in total. The van der Waals surface area contributed by atoms with Gasteiger partial charge in [0.1, 0.15) is 0 Å². The number of rotatable bonds is 1. The first-order valence-electron chi connectivity index (χ1n) is 8.43. The minimum absolute atomic E-state index is 0.386. The molecule has 24 heavy (non-hydrogen) atoms. The summed E-state index contributed by atoms with van der Waals surface area (Å²) in [6.45, 7) is 4.49. The van der Waals surface area contributed by atoms with Crippen molar-refractivity contribution >= 4 is 39.8 Å². The quantitative estimate of drug-likeness (QED) is 0.460. The lowest BCUT2D eigenvalue weighted by Gasteiger charge is -2.45. The first-order valence-corrected chi connectivity index (χ1v) is 8.43. The molecule has 3 nitrogen and oxygen atoms in total. The Kier molecular flexibility index (Phi) is 2.69. The van der Waals surface area contributed by atoms with E-state index in [4.69, 9.17) is 0 Å². The van der Waals surface area contributed by atoms with Gasteiger partial charge in [-0.05, 0) is 50.2 Å². The molecule has 2 aliphatic heterocycles. The van der Waals surface area contributed by atoms with Gasteiger partial charge in [0.25, 0.3) is 0 Å². The summed E-state index contributed by atoms with van der Waals surface area (Å²) in [4.78, 5) is 4.82. The number of anilines is 7. The lowest BCUT2D eigenvalue weighted by molar-refractivity contribution is 0.783. The standard InChI is InChI=1S/C21H19N3/c1-14(2)23-18-11-5-6-12-19(18)24-17-10-4-3-8-15(17)22-16-9-7-13-20(23)21(16)24/h3-14,22H,1-2H3.